The molecule has 4 heterocycles. The Labute approximate surface area is 159 Å². The summed E-state index contributed by atoms with van der Waals surface area (Å²) in [5, 5.41) is 0. The largest absolute Gasteiger partial charge is 0.378 e. The Morgan fingerprint density at radius 3 is 2.64 bits per heavy atom. The molecule has 0 aliphatic carbocycles. The molecule has 0 aromatic carbocycles. The first-order chi connectivity index (χ1) is 12.2. The van der Waals surface area contributed by atoms with E-state index < -0.39 is 0 Å². The van der Waals surface area contributed by atoms with E-state index >= 15 is 0 Å². The summed E-state index contributed by atoms with van der Waals surface area (Å²) in [4.78, 5) is 19.2. The van der Waals surface area contributed by atoms with E-state index in [2.05, 4.69) is 48.5 Å². The monoisotopic (exact) mass is 447 g/mol. The highest BCUT2D eigenvalue weighted by atomic mass is 127. The van der Waals surface area contributed by atoms with Crippen molar-refractivity contribution in [1.29, 1.82) is 0 Å². The summed E-state index contributed by atoms with van der Waals surface area (Å²) in [5.74, 6) is 0.794. The van der Waals surface area contributed by atoms with Crippen LogP contribution < -0.4 is 4.90 Å². The van der Waals surface area contributed by atoms with Crippen LogP contribution in [0.1, 0.15) is 5.69 Å². The molecule has 0 amide bonds. The fourth-order valence-electron chi connectivity index (χ4n) is 2.94. The summed E-state index contributed by atoms with van der Waals surface area (Å²) < 4.78 is 6.42. The number of H-pyrrole nitrogens is 1. The van der Waals surface area contributed by atoms with Gasteiger partial charge in [0, 0.05) is 36.7 Å². The van der Waals surface area contributed by atoms with Gasteiger partial charge in [0.05, 0.1) is 25.1 Å². The zero-order valence-electron chi connectivity index (χ0n) is 13.9. The van der Waals surface area contributed by atoms with Crippen LogP contribution in [-0.2, 0) is 4.74 Å². The molecule has 3 aromatic rings. The Morgan fingerprint density at radius 1 is 1.20 bits per heavy atom. The van der Waals surface area contributed by atoms with Crippen molar-refractivity contribution in [2.75, 3.05) is 31.2 Å². The normalized spacial score (nSPS) is 14.7. The van der Waals surface area contributed by atoms with E-state index in [1.807, 2.05) is 25.3 Å². The van der Waals surface area contributed by atoms with Crippen molar-refractivity contribution in [3.8, 4) is 22.6 Å². The number of nitrogens with zero attached hydrogens (tertiary/aromatic N) is 4. The second-order valence-electron chi connectivity index (χ2n) is 5.93. The number of aromatic amines is 1. The molecule has 1 aliphatic rings. The zero-order chi connectivity index (χ0) is 17.2. The van der Waals surface area contributed by atoms with Gasteiger partial charge < -0.3 is 14.6 Å². The number of ether oxygens (including phenoxy) is 1. The number of rotatable bonds is 3. The van der Waals surface area contributed by atoms with Gasteiger partial charge in [-0.3, -0.25) is 9.97 Å². The first kappa shape index (κ1) is 16.5. The third kappa shape index (κ3) is 3.38. The molecule has 0 atom stereocenters. The molecule has 0 bridgehead atoms. The Balaban J connectivity index is 1.83. The highest BCUT2D eigenvalue weighted by molar-refractivity contribution is 14.1. The molecule has 0 unspecified atom stereocenters. The molecule has 1 fully saturated rings. The van der Waals surface area contributed by atoms with Gasteiger partial charge in [0.1, 0.15) is 9.39 Å². The lowest BCUT2D eigenvalue weighted by Crippen LogP contribution is -2.36. The van der Waals surface area contributed by atoms with E-state index in [9.17, 15) is 0 Å². The number of halogens is 1. The second kappa shape index (κ2) is 7.09. The Bertz CT molecular complexity index is 855. The van der Waals surface area contributed by atoms with Crippen LogP contribution >= 0.6 is 22.6 Å². The molecule has 0 saturated carbocycles. The maximum Gasteiger partial charge on any atom is 0.158 e. The van der Waals surface area contributed by atoms with Crippen LogP contribution in [0.25, 0.3) is 22.6 Å². The Hall–Kier alpha value is -2.00. The molecule has 6 nitrogen and oxygen atoms in total. The molecule has 1 N–H and O–H groups in total. The molecular weight excluding hydrogens is 429 g/mol. The van der Waals surface area contributed by atoms with Crippen LogP contribution in [0, 0.1) is 10.6 Å². The molecule has 25 heavy (non-hydrogen) atoms. The Kier molecular flexibility index (Phi) is 4.67. The van der Waals surface area contributed by atoms with Crippen molar-refractivity contribution < 1.29 is 4.74 Å². The lowest BCUT2D eigenvalue weighted by molar-refractivity contribution is 0.122. The van der Waals surface area contributed by atoms with Gasteiger partial charge in [-0.05, 0) is 53.3 Å². The fourth-order valence-corrected chi connectivity index (χ4v) is 3.32. The van der Waals surface area contributed by atoms with Crippen molar-refractivity contribution in [3.63, 3.8) is 0 Å². The summed E-state index contributed by atoms with van der Waals surface area (Å²) in [6, 6.07) is 6.20. The Morgan fingerprint density at radius 2 is 1.96 bits per heavy atom. The predicted octanol–water partition coefficient (Wildman–Crippen LogP) is 3.28. The molecule has 0 spiro atoms. The van der Waals surface area contributed by atoms with Gasteiger partial charge in [0.15, 0.2) is 5.82 Å². The predicted molar refractivity (Wildman–Crippen MR) is 106 cm³/mol. The van der Waals surface area contributed by atoms with Crippen molar-refractivity contribution in [3.05, 3.63) is 46.2 Å². The van der Waals surface area contributed by atoms with Crippen LogP contribution in [0.3, 0.4) is 0 Å². The van der Waals surface area contributed by atoms with Crippen LogP contribution in [0.15, 0.2) is 36.8 Å². The van der Waals surface area contributed by atoms with Crippen LogP contribution in [0.4, 0.5) is 5.69 Å². The van der Waals surface area contributed by atoms with Crippen molar-refractivity contribution in [1.82, 2.24) is 19.9 Å². The van der Waals surface area contributed by atoms with Crippen molar-refractivity contribution >= 4 is 28.3 Å². The van der Waals surface area contributed by atoms with Gasteiger partial charge in [-0.15, -0.1) is 0 Å². The van der Waals surface area contributed by atoms with Crippen LogP contribution in [-0.4, -0.2) is 46.2 Å². The number of anilines is 1. The van der Waals surface area contributed by atoms with Gasteiger partial charge in [0.25, 0.3) is 0 Å². The summed E-state index contributed by atoms with van der Waals surface area (Å²) in [7, 11) is 0. The van der Waals surface area contributed by atoms with E-state index in [1.54, 1.807) is 12.4 Å². The minimum atomic E-state index is 0.752. The number of aryl methyl sites for hydroxylation is 1. The van der Waals surface area contributed by atoms with Crippen molar-refractivity contribution in [2.24, 2.45) is 0 Å². The minimum Gasteiger partial charge on any atom is -0.378 e. The number of hydrogen-bond donors (Lipinski definition) is 1. The molecule has 0 radical (unpaired) electrons. The fraction of sp³-hybridized carbons (Fsp3) is 0.278. The number of nitrogens with one attached hydrogen (secondary N) is 1. The first-order valence-electron chi connectivity index (χ1n) is 8.18. The van der Waals surface area contributed by atoms with E-state index in [1.165, 1.54) is 0 Å². The van der Waals surface area contributed by atoms with E-state index in [-0.39, 0.29) is 0 Å². The maximum atomic E-state index is 5.46. The van der Waals surface area contributed by atoms with Crippen molar-refractivity contribution in [2.45, 2.75) is 6.92 Å². The average Bonchev–Trinajstić information content (AvgIpc) is 3.01. The molecule has 4 rings (SSSR count). The molecule has 7 heteroatoms. The summed E-state index contributed by atoms with van der Waals surface area (Å²) in [5.41, 5.74) is 5.15. The summed E-state index contributed by atoms with van der Waals surface area (Å²) in [6.45, 7) is 5.29. The SMILES string of the molecule is Cc1[nH]c(-c2ncc(N3CCOCC3)cc2-c2ccncc2)nc1I. The molecule has 3 aromatic heterocycles. The molecule has 1 saturated heterocycles. The summed E-state index contributed by atoms with van der Waals surface area (Å²) in [6.07, 6.45) is 5.53. The third-order valence-electron chi connectivity index (χ3n) is 4.29. The van der Waals surface area contributed by atoms with Crippen LogP contribution in [0.2, 0.25) is 0 Å². The number of morpholine rings is 1. The van der Waals surface area contributed by atoms with Gasteiger partial charge in [-0.2, -0.15) is 0 Å². The van der Waals surface area contributed by atoms with Crippen LogP contribution in [0.5, 0.6) is 0 Å². The molecule has 1 aliphatic heterocycles. The molecule has 128 valence electrons. The highest BCUT2D eigenvalue weighted by Crippen LogP contribution is 2.32. The summed E-state index contributed by atoms with van der Waals surface area (Å²) >= 11 is 2.24. The van der Waals surface area contributed by atoms with E-state index in [4.69, 9.17) is 9.72 Å². The maximum absolute atomic E-state index is 5.46. The number of pyridine rings is 2. The zero-order valence-corrected chi connectivity index (χ0v) is 16.0. The van der Waals surface area contributed by atoms with Gasteiger partial charge >= 0.3 is 0 Å². The topological polar surface area (TPSA) is 66.9 Å². The molecular formula is C18H18IN5O. The number of aromatic nitrogens is 4. The lowest BCUT2D eigenvalue weighted by Gasteiger charge is -2.29. The first-order valence-corrected chi connectivity index (χ1v) is 9.26. The highest BCUT2D eigenvalue weighted by Gasteiger charge is 2.18. The third-order valence-corrected chi connectivity index (χ3v) is 5.34. The number of imidazole rings is 1. The minimum absolute atomic E-state index is 0.752. The standard InChI is InChI=1S/C18H18IN5O/c1-12-17(19)23-18(22-12)16-15(13-2-4-20-5-3-13)10-14(11-21-16)24-6-8-25-9-7-24/h2-5,10-11H,6-9H2,1H3,(H,22,23). The van der Waals surface area contributed by atoms with E-state index in [0.717, 1.165) is 64.0 Å². The average molecular weight is 447 g/mol. The quantitative estimate of drug-likeness (QED) is 0.625. The number of hydrogen-bond acceptors (Lipinski definition) is 5. The smallest absolute Gasteiger partial charge is 0.158 e. The van der Waals surface area contributed by atoms with Gasteiger partial charge in [0.2, 0.25) is 0 Å². The lowest BCUT2D eigenvalue weighted by atomic mass is 10.0. The second-order valence-corrected chi connectivity index (χ2v) is 6.95. The van der Waals surface area contributed by atoms with Gasteiger partial charge in [-0.1, -0.05) is 0 Å². The van der Waals surface area contributed by atoms with E-state index in [0.29, 0.717) is 0 Å². The van der Waals surface area contributed by atoms with Gasteiger partial charge in [-0.25, -0.2) is 4.98 Å².